The van der Waals surface area contributed by atoms with Gasteiger partial charge in [0, 0.05) is 30.7 Å². The van der Waals surface area contributed by atoms with Crippen molar-refractivity contribution in [3.05, 3.63) is 30.0 Å². The fourth-order valence-corrected chi connectivity index (χ4v) is 3.75. The Morgan fingerprint density at radius 3 is 3.00 bits per heavy atom. The molecule has 1 saturated carbocycles. The first-order chi connectivity index (χ1) is 13.1. The molecule has 4 rings (SSSR count). The second-order valence-electron chi connectivity index (χ2n) is 7.21. The maximum Gasteiger partial charge on any atom is 0.237 e. The number of aromatic amines is 1. The maximum absolute atomic E-state index is 12.0. The summed E-state index contributed by atoms with van der Waals surface area (Å²) in [6.07, 6.45) is 6.69. The standard InChI is InChI=1S/C20H21N5O2/c1-13-11-24(19(27)4-7-21)9-6-15(13)17-10-18(25(12-26)14-2-3-14)23-20-16(17)5-8-22-20/h5-6,8,10,12-14H,2-4,9,11H2,1H3,(H,22,23). The summed E-state index contributed by atoms with van der Waals surface area (Å²) in [5, 5.41) is 9.77. The molecule has 0 spiro atoms. The number of hydrogen-bond donors (Lipinski definition) is 1. The Morgan fingerprint density at radius 2 is 2.33 bits per heavy atom. The molecule has 2 aliphatic rings. The number of nitrogens with zero attached hydrogens (tertiary/aromatic N) is 4. The Morgan fingerprint density at radius 1 is 1.52 bits per heavy atom. The van der Waals surface area contributed by atoms with Crippen molar-refractivity contribution in [2.24, 2.45) is 5.92 Å². The monoisotopic (exact) mass is 363 g/mol. The van der Waals surface area contributed by atoms with E-state index >= 15 is 0 Å². The van der Waals surface area contributed by atoms with E-state index in [2.05, 4.69) is 23.0 Å². The Kier molecular flexibility index (Phi) is 4.40. The van der Waals surface area contributed by atoms with Crippen molar-refractivity contribution in [1.29, 1.82) is 5.26 Å². The van der Waals surface area contributed by atoms with Gasteiger partial charge in [-0.1, -0.05) is 13.0 Å². The van der Waals surface area contributed by atoms with Crippen LogP contribution >= 0.6 is 0 Å². The highest BCUT2D eigenvalue weighted by atomic mass is 16.2. The van der Waals surface area contributed by atoms with Gasteiger partial charge >= 0.3 is 0 Å². The second-order valence-corrected chi connectivity index (χ2v) is 7.21. The van der Waals surface area contributed by atoms with Gasteiger partial charge < -0.3 is 9.88 Å². The zero-order valence-corrected chi connectivity index (χ0v) is 15.2. The van der Waals surface area contributed by atoms with E-state index in [9.17, 15) is 9.59 Å². The van der Waals surface area contributed by atoms with Gasteiger partial charge in [0.25, 0.3) is 0 Å². The number of amides is 2. The molecule has 7 heteroatoms. The van der Waals surface area contributed by atoms with E-state index in [0.717, 1.165) is 41.4 Å². The lowest BCUT2D eigenvalue weighted by atomic mass is 9.89. The molecule has 7 nitrogen and oxygen atoms in total. The minimum atomic E-state index is -0.136. The van der Waals surface area contributed by atoms with Gasteiger partial charge in [0.15, 0.2) is 0 Å². The Bertz CT molecular complexity index is 966. The zero-order valence-electron chi connectivity index (χ0n) is 15.2. The Balaban J connectivity index is 1.72. The Labute approximate surface area is 157 Å². The third-order valence-electron chi connectivity index (χ3n) is 5.28. The van der Waals surface area contributed by atoms with Gasteiger partial charge in [0.1, 0.15) is 17.9 Å². The van der Waals surface area contributed by atoms with Gasteiger partial charge in [-0.2, -0.15) is 5.26 Å². The number of rotatable bonds is 5. The fraction of sp³-hybridized carbons (Fsp3) is 0.400. The van der Waals surface area contributed by atoms with E-state index in [-0.39, 0.29) is 24.3 Å². The number of fused-ring (bicyclic) bond motifs is 1. The molecule has 138 valence electrons. The summed E-state index contributed by atoms with van der Waals surface area (Å²) in [4.78, 5) is 34.8. The predicted molar refractivity (Wildman–Crippen MR) is 102 cm³/mol. The molecule has 1 N–H and O–H groups in total. The lowest BCUT2D eigenvalue weighted by Gasteiger charge is -2.31. The first-order valence-electron chi connectivity index (χ1n) is 9.19. The third-order valence-corrected chi connectivity index (χ3v) is 5.28. The van der Waals surface area contributed by atoms with Crippen molar-refractivity contribution in [1.82, 2.24) is 14.9 Å². The summed E-state index contributed by atoms with van der Waals surface area (Å²) < 4.78 is 0. The fourth-order valence-electron chi connectivity index (χ4n) is 3.75. The number of carbonyl (C=O) groups excluding carboxylic acids is 2. The lowest BCUT2D eigenvalue weighted by molar-refractivity contribution is -0.130. The topological polar surface area (TPSA) is 93.1 Å². The van der Waals surface area contributed by atoms with Crippen LogP contribution in [0.4, 0.5) is 5.82 Å². The van der Waals surface area contributed by atoms with Gasteiger partial charge in [0.05, 0.1) is 6.07 Å². The van der Waals surface area contributed by atoms with Crippen LogP contribution in [0.3, 0.4) is 0 Å². The van der Waals surface area contributed by atoms with E-state index in [1.54, 1.807) is 9.80 Å². The molecule has 2 aromatic heterocycles. The molecule has 1 aliphatic heterocycles. The quantitative estimate of drug-likeness (QED) is 0.826. The lowest BCUT2D eigenvalue weighted by Crippen LogP contribution is -2.38. The number of nitriles is 1. The van der Waals surface area contributed by atoms with Crippen LogP contribution in [0, 0.1) is 17.2 Å². The molecule has 0 saturated heterocycles. The molecule has 1 fully saturated rings. The third kappa shape index (κ3) is 3.19. The largest absolute Gasteiger partial charge is 0.346 e. The van der Waals surface area contributed by atoms with Gasteiger partial charge in [-0.15, -0.1) is 0 Å². The highest BCUT2D eigenvalue weighted by molar-refractivity contribution is 5.94. The summed E-state index contributed by atoms with van der Waals surface area (Å²) in [7, 11) is 0. The first-order valence-corrected chi connectivity index (χ1v) is 9.19. The summed E-state index contributed by atoms with van der Waals surface area (Å²) in [5.74, 6) is 0.650. The van der Waals surface area contributed by atoms with E-state index in [1.807, 2.05) is 24.4 Å². The highest BCUT2D eigenvalue weighted by Crippen LogP contribution is 2.36. The summed E-state index contributed by atoms with van der Waals surface area (Å²) in [6.45, 7) is 3.15. The number of nitrogens with one attached hydrogen (secondary N) is 1. The second kappa shape index (κ2) is 6.88. The van der Waals surface area contributed by atoms with Crippen LogP contribution in [0.25, 0.3) is 16.6 Å². The van der Waals surface area contributed by atoms with Crippen LogP contribution in [-0.2, 0) is 9.59 Å². The molecule has 2 aromatic rings. The zero-order chi connectivity index (χ0) is 19.0. The molecule has 0 aromatic carbocycles. The van der Waals surface area contributed by atoms with Crippen LogP contribution in [0.5, 0.6) is 0 Å². The molecule has 0 bridgehead atoms. The van der Waals surface area contributed by atoms with Crippen molar-refractivity contribution in [3.8, 4) is 6.07 Å². The molecule has 0 radical (unpaired) electrons. The van der Waals surface area contributed by atoms with E-state index in [0.29, 0.717) is 18.9 Å². The van der Waals surface area contributed by atoms with Gasteiger partial charge in [-0.05, 0) is 42.0 Å². The van der Waals surface area contributed by atoms with Crippen molar-refractivity contribution in [2.75, 3.05) is 18.0 Å². The molecule has 2 amide bonds. The van der Waals surface area contributed by atoms with Crippen LogP contribution in [0.1, 0.15) is 31.7 Å². The smallest absolute Gasteiger partial charge is 0.237 e. The number of pyridine rings is 1. The maximum atomic E-state index is 12.0. The summed E-state index contributed by atoms with van der Waals surface area (Å²) >= 11 is 0. The number of H-pyrrole nitrogens is 1. The van der Waals surface area contributed by atoms with Crippen molar-refractivity contribution in [3.63, 3.8) is 0 Å². The molecule has 1 aliphatic carbocycles. The molecule has 1 unspecified atom stereocenters. The molecule has 27 heavy (non-hydrogen) atoms. The highest BCUT2D eigenvalue weighted by Gasteiger charge is 2.31. The Hall–Kier alpha value is -3.14. The molecular formula is C20H21N5O2. The van der Waals surface area contributed by atoms with Gasteiger partial charge in [-0.3, -0.25) is 14.5 Å². The summed E-state index contributed by atoms with van der Waals surface area (Å²) in [6, 6.07) is 6.14. The first kappa shape index (κ1) is 17.3. The minimum absolute atomic E-state index is 0.0902. The average Bonchev–Trinajstić information content (AvgIpc) is 3.38. The molecular weight excluding hydrogens is 342 g/mol. The van der Waals surface area contributed by atoms with Crippen LogP contribution in [-0.4, -0.2) is 46.3 Å². The molecule has 3 heterocycles. The average molecular weight is 363 g/mol. The predicted octanol–water partition coefficient (Wildman–Crippen LogP) is 2.46. The van der Waals surface area contributed by atoms with Crippen molar-refractivity contribution >= 4 is 34.7 Å². The summed E-state index contributed by atoms with van der Waals surface area (Å²) in [5.41, 5.74) is 2.95. The normalized spacial score (nSPS) is 19.5. The number of anilines is 1. The SMILES string of the molecule is CC1CN(C(=O)CC#N)CC=C1c1cc(N(C=O)C2CC2)nc2[nH]ccc12. The van der Waals surface area contributed by atoms with Gasteiger partial charge in [-0.25, -0.2) is 4.98 Å². The van der Waals surface area contributed by atoms with Crippen molar-refractivity contribution < 1.29 is 9.59 Å². The van der Waals surface area contributed by atoms with Crippen molar-refractivity contribution in [2.45, 2.75) is 32.2 Å². The van der Waals surface area contributed by atoms with E-state index in [1.165, 1.54) is 0 Å². The number of carbonyl (C=O) groups is 2. The van der Waals surface area contributed by atoms with E-state index < -0.39 is 0 Å². The van der Waals surface area contributed by atoms with Crippen LogP contribution in [0.2, 0.25) is 0 Å². The molecule has 1 atom stereocenters. The number of hydrogen-bond acceptors (Lipinski definition) is 4. The van der Waals surface area contributed by atoms with Crippen LogP contribution in [0.15, 0.2) is 24.4 Å². The minimum Gasteiger partial charge on any atom is -0.346 e. The number of aromatic nitrogens is 2. The van der Waals surface area contributed by atoms with Gasteiger partial charge in [0.2, 0.25) is 12.3 Å². The van der Waals surface area contributed by atoms with Crippen LogP contribution < -0.4 is 4.90 Å². The van der Waals surface area contributed by atoms with E-state index in [4.69, 9.17) is 5.26 Å².